The van der Waals surface area contributed by atoms with Gasteiger partial charge in [0.15, 0.2) is 0 Å². The van der Waals surface area contributed by atoms with Crippen LogP contribution < -0.4 is 5.32 Å². The molecule has 3 N–H and O–H groups in total. The van der Waals surface area contributed by atoms with Gasteiger partial charge < -0.3 is 15.1 Å². The van der Waals surface area contributed by atoms with Gasteiger partial charge in [0.05, 0.1) is 6.61 Å². The van der Waals surface area contributed by atoms with E-state index >= 15 is 0 Å². The van der Waals surface area contributed by atoms with Gasteiger partial charge in [-0.05, 0) is 35.8 Å². The molecule has 1 rings (SSSR count). The Morgan fingerprint density at radius 2 is 2.00 bits per heavy atom. The molecule has 0 bridgehead atoms. The minimum absolute atomic E-state index is 0. The largest absolute Gasteiger partial charge is 0.469 e. The number of phosphoric acid groups is 1. The minimum atomic E-state index is -4.34. The van der Waals surface area contributed by atoms with Crippen LogP contribution in [0.25, 0.3) is 0 Å². The van der Waals surface area contributed by atoms with Crippen LogP contribution in [0.15, 0.2) is 29.4 Å². The van der Waals surface area contributed by atoms with Crippen molar-refractivity contribution in [3.8, 4) is 0 Å². The Balaban J connectivity index is 0.00000576. The van der Waals surface area contributed by atoms with E-state index in [0.29, 0.717) is 19.4 Å². The van der Waals surface area contributed by atoms with Crippen molar-refractivity contribution in [3.63, 3.8) is 0 Å². The van der Waals surface area contributed by atoms with Crippen LogP contribution in [0.1, 0.15) is 32.1 Å². The van der Waals surface area contributed by atoms with E-state index < -0.39 is 7.82 Å². The summed E-state index contributed by atoms with van der Waals surface area (Å²) < 4.78 is 14.8. The molecule has 0 atom stereocenters. The Bertz CT molecular complexity index is 521. The number of nitrogens with zero attached hydrogens (tertiary/aromatic N) is 1. The van der Waals surface area contributed by atoms with Gasteiger partial charge >= 0.3 is 7.82 Å². The minimum Gasteiger partial charge on any atom is -0.356 e. The molecule has 0 unspecified atom stereocenters. The zero-order chi connectivity index (χ0) is 17.7. The van der Waals surface area contributed by atoms with E-state index in [1.165, 1.54) is 0 Å². The summed E-state index contributed by atoms with van der Waals surface area (Å²) in [6.45, 7) is 0.679. The van der Waals surface area contributed by atoms with Crippen LogP contribution in [0.4, 0.5) is 0 Å². The summed E-state index contributed by atoms with van der Waals surface area (Å²) in [6, 6.07) is 5.73. The standard InChI is InChI=1S/C14H23N2O5PS2.Y/c17-13(8-12-23-24-14-7-3-5-10-16-14)15-9-4-1-2-6-11-21-22(18,19)20;/h3,5,7,10H,1-2,4,6,8-9,11-12H2,(H,15,17)(H2,18,19,20);. The average Bonchev–Trinajstić information content (AvgIpc) is 2.54. The van der Waals surface area contributed by atoms with Gasteiger partial charge in [0.2, 0.25) is 5.91 Å². The number of phosphoric ester groups is 1. The van der Waals surface area contributed by atoms with E-state index in [9.17, 15) is 9.36 Å². The second-order valence-electron chi connectivity index (χ2n) is 4.91. The van der Waals surface area contributed by atoms with Crippen LogP contribution in [0.3, 0.4) is 0 Å². The van der Waals surface area contributed by atoms with Gasteiger partial charge in [-0.15, -0.1) is 0 Å². The second kappa shape index (κ2) is 15.6. The van der Waals surface area contributed by atoms with Crippen LogP contribution in [0.2, 0.25) is 0 Å². The molecular formula is C14H23N2O5PS2Y. The molecule has 139 valence electrons. The maximum Gasteiger partial charge on any atom is 0.469 e. The van der Waals surface area contributed by atoms with Crippen molar-refractivity contribution in [2.24, 2.45) is 0 Å². The van der Waals surface area contributed by atoms with Crippen molar-refractivity contribution in [1.29, 1.82) is 0 Å². The van der Waals surface area contributed by atoms with E-state index in [4.69, 9.17) is 9.79 Å². The average molecular weight is 483 g/mol. The molecule has 1 amide bonds. The number of hydrogen-bond donors (Lipinski definition) is 3. The van der Waals surface area contributed by atoms with Gasteiger partial charge in [-0.2, -0.15) is 0 Å². The summed E-state index contributed by atoms with van der Waals surface area (Å²) in [6.07, 6.45) is 5.36. The summed E-state index contributed by atoms with van der Waals surface area (Å²) in [7, 11) is -1.17. The van der Waals surface area contributed by atoms with Gasteiger partial charge in [-0.1, -0.05) is 29.7 Å². The molecule has 0 aromatic carbocycles. The van der Waals surface area contributed by atoms with Crippen LogP contribution in [-0.2, 0) is 46.6 Å². The molecule has 1 aromatic heterocycles. The fourth-order valence-electron chi connectivity index (χ4n) is 1.71. The predicted molar refractivity (Wildman–Crippen MR) is 96.6 cm³/mol. The third kappa shape index (κ3) is 16.4. The van der Waals surface area contributed by atoms with Crippen LogP contribution in [-0.4, -0.2) is 39.6 Å². The third-order valence-corrected chi connectivity index (χ3v) is 5.63. The Labute approximate surface area is 181 Å². The Morgan fingerprint density at radius 1 is 1.24 bits per heavy atom. The molecule has 0 saturated heterocycles. The molecule has 25 heavy (non-hydrogen) atoms. The zero-order valence-electron chi connectivity index (χ0n) is 13.9. The monoisotopic (exact) mass is 483 g/mol. The van der Waals surface area contributed by atoms with Crippen molar-refractivity contribution in [2.45, 2.75) is 37.1 Å². The molecule has 1 heterocycles. The summed E-state index contributed by atoms with van der Waals surface area (Å²) >= 11 is 0. The van der Waals surface area contributed by atoms with Gasteiger partial charge in [-0.3, -0.25) is 9.32 Å². The zero-order valence-corrected chi connectivity index (χ0v) is 19.2. The van der Waals surface area contributed by atoms with E-state index in [-0.39, 0.29) is 45.2 Å². The van der Waals surface area contributed by atoms with Gasteiger partial charge in [0.25, 0.3) is 0 Å². The number of carbonyl (C=O) groups excluding carboxylic acids is 1. The van der Waals surface area contributed by atoms with E-state index in [1.807, 2.05) is 18.2 Å². The second-order valence-corrected chi connectivity index (χ2v) is 8.59. The number of amides is 1. The van der Waals surface area contributed by atoms with Gasteiger partial charge in [-0.25, -0.2) is 9.55 Å². The maximum absolute atomic E-state index is 11.6. The SMILES string of the molecule is O=C(CCSSc1ccccn1)NCCCCCCOP(=O)(O)O.[Y]. The van der Waals surface area contributed by atoms with Crippen molar-refractivity contribution >= 4 is 35.3 Å². The van der Waals surface area contributed by atoms with Crippen LogP contribution in [0, 0.1) is 0 Å². The summed E-state index contributed by atoms with van der Waals surface area (Å²) in [5, 5.41) is 3.80. The fraction of sp³-hybridized carbons (Fsp3) is 0.571. The molecule has 0 saturated carbocycles. The Morgan fingerprint density at radius 3 is 2.68 bits per heavy atom. The van der Waals surface area contributed by atoms with E-state index in [1.54, 1.807) is 27.8 Å². The van der Waals surface area contributed by atoms with Crippen LogP contribution >= 0.6 is 29.4 Å². The van der Waals surface area contributed by atoms with Crippen molar-refractivity contribution < 1.29 is 56.4 Å². The Hall–Kier alpha value is 0.534. The smallest absolute Gasteiger partial charge is 0.356 e. The first-order valence-electron chi connectivity index (χ1n) is 7.65. The van der Waals surface area contributed by atoms with Gasteiger partial charge in [0.1, 0.15) is 5.03 Å². The molecule has 0 fully saturated rings. The molecule has 0 aliphatic heterocycles. The quantitative estimate of drug-likeness (QED) is 0.223. The molecular weight excluding hydrogens is 460 g/mol. The third-order valence-electron chi connectivity index (χ3n) is 2.85. The van der Waals surface area contributed by atoms with Crippen molar-refractivity contribution in [1.82, 2.24) is 10.3 Å². The fourth-order valence-corrected chi connectivity index (χ4v) is 3.95. The van der Waals surface area contributed by atoms with Crippen molar-refractivity contribution in [3.05, 3.63) is 24.4 Å². The van der Waals surface area contributed by atoms with Crippen LogP contribution in [0.5, 0.6) is 0 Å². The maximum atomic E-state index is 11.6. The number of rotatable bonds is 13. The number of unbranched alkanes of at least 4 members (excludes halogenated alkanes) is 3. The number of pyridine rings is 1. The molecule has 11 heteroatoms. The molecule has 1 radical (unpaired) electrons. The number of nitrogens with one attached hydrogen (secondary N) is 1. The molecule has 0 aliphatic rings. The predicted octanol–water partition coefficient (Wildman–Crippen LogP) is 3.00. The summed E-state index contributed by atoms with van der Waals surface area (Å²) in [5.74, 6) is 0.765. The topological polar surface area (TPSA) is 109 Å². The normalized spacial score (nSPS) is 11.0. The molecule has 7 nitrogen and oxygen atoms in total. The first-order valence-corrected chi connectivity index (χ1v) is 11.5. The molecule has 1 aromatic rings. The molecule has 0 aliphatic carbocycles. The van der Waals surface area contributed by atoms with Crippen molar-refractivity contribution in [2.75, 3.05) is 18.9 Å². The first kappa shape index (κ1) is 25.5. The summed E-state index contributed by atoms with van der Waals surface area (Å²) in [5.41, 5.74) is 0. The first-order chi connectivity index (χ1) is 11.5. The summed E-state index contributed by atoms with van der Waals surface area (Å²) in [4.78, 5) is 32.8. The Kier molecular flexibility index (Phi) is 15.9. The number of hydrogen-bond acceptors (Lipinski definition) is 6. The van der Waals surface area contributed by atoms with Gasteiger partial charge in [0, 0.05) is 57.6 Å². The van der Waals surface area contributed by atoms with E-state index in [2.05, 4.69) is 14.8 Å². The molecule has 0 spiro atoms. The number of aromatic nitrogens is 1. The van der Waals surface area contributed by atoms with E-state index in [0.717, 1.165) is 30.0 Å². The number of carbonyl (C=O) groups is 1.